The minimum Gasteiger partial charge on any atom is -0.368 e. The third-order valence-corrected chi connectivity index (χ3v) is 10.4. The quantitative estimate of drug-likeness (QED) is 0.193. The highest BCUT2D eigenvalue weighted by atomic mass is 32.2. The van der Waals surface area contributed by atoms with E-state index in [4.69, 9.17) is 4.74 Å². The monoisotopic (exact) mass is 695 g/mol. The van der Waals surface area contributed by atoms with E-state index in [0.29, 0.717) is 67.8 Å². The van der Waals surface area contributed by atoms with Crippen LogP contribution in [0.2, 0.25) is 0 Å². The number of carbonyl (C=O) groups is 1. The third-order valence-electron chi connectivity index (χ3n) is 7.83. The number of piperazine rings is 1. The number of benzene rings is 2. The highest BCUT2D eigenvalue weighted by Crippen LogP contribution is 2.38. The summed E-state index contributed by atoms with van der Waals surface area (Å²) in [5, 5.41) is 11.5. The van der Waals surface area contributed by atoms with E-state index < -0.39 is 55.1 Å². The lowest BCUT2D eigenvalue weighted by atomic mass is 9.94. The first-order valence-electron chi connectivity index (χ1n) is 14.0. The second kappa shape index (κ2) is 12.9. The predicted molar refractivity (Wildman–Crippen MR) is 154 cm³/mol. The number of nitrogens with one attached hydrogen (secondary N) is 1. The predicted octanol–water partition coefficient (Wildman–Crippen LogP) is 5.20. The summed E-state index contributed by atoms with van der Waals surface area (Å²) < 4.78 is 113. The molecule has 5 rings (SSSR count). The minimum atomic E-state index is -5.13. The van der Waals surface area contributed by atoms with Crippen molar-refractivity contribution in [2.75, 3.05) is 37.7 Å². The van der Waals surface area contributed by atoms with Gasteiger partial charge in [-0.1, -0.05) is 11.3 Å². The van der Waals surface area contributed by atoms with Crippen LogP contribution in [0.4, 0.5) is 37.2 Å². The summed E-state index contributed by atoms with van der Waals surface area (Å²) in [5.74, 6) is -0.250. The van der Waals surface area contributed by atoms with Crippen LogP contribution in [0.15, 0.2) is 41.3 Å². The van der Waals surface area contributed by atoms with Gasteiger partial charge in [0.2, 0.25) is 15.9 Å². The Hall–Kier alpha value is -3.55. The van der Waals surface area contributed by atoms with E-state index in [2.05, 4.69) is 9.71 Å². The highest BCUT2D eigenvalue weighted by molar-refractivity contribution is 7.89. The average molecular weight is 696 g/mol. The van der Waals surface area contributed by atoms with Gasteiger partial charge in [-0.2, -0.15) is 26.3 Å². The smallest absolute Gasteiger partial charge is 0.368 e. The van der Waals surface area contributed by atoms with Gasteiger partial charge in [0.05, 0.1) is 31.7 Å². The van der Waals surface area contributed by atoms with E-state index in [0.717, 1.165) is 18.2 Å². The van der Waals surface area contributed by atoms with Gasteiger partial charge in [0, 0.05) is 38.3 Å². The summed E-state index contributed by atoms with van der Waals surface area (Å²) >= 11 is 1.27. The zero-order chi connectivity index (χ0) is 33.4. The van der Waals surface area contributed by atoms with Gasteiger partial charge in [-0.3, -0.25) is 14.9 Å². The third kappa shape index (κ3) is 7.69. The largest absolute Gasteiger partial charge is 0.423 e. The van der Waals surface area contributed by atoms with Crippen molar-refractivity contribution in [2.24, 2.45) is 0 Å². The molecule has 11 nitrogen and oxygen atoms in total. The first-order chi connectivity index (χ1) is 21.5. The Labute approximate surface area is 262 Å². The summed E-state index contributed by atoms with van der Waals surface area (Å²) in [7, 11) is -4.41. The molecule has 1 aliphatic carbocycles. The Balaban J connectivity index is 1.07. The van der Waals surface area contributed by atoms with Crippen LogP contribution in [-0.4, -0.2) is 74.1 Å². The zero-order valence-electron chi connectivity index (χ0n) is 23.8. The number of aromatic nitrogens is 1. The lowest BCUT2D eigenvalue weighted by Gasteiger charge is -2.35. The SMILES string of the molecule is O=C(COC1CCC(NS(=O)(=O)c2ccc([N+](=O)[O-])c(C(F)(F)F)c2)CC1)N1CCN(c2nc3cc(C(F)(F)F)ccc3s2)CC1. The highest BCUT2D eigenvalue weighted by Gasteiger charge is 2.40. The van der Waals surface area contributed by atoms with Crippen molar-refractivity contribution in [2.45, 2.75) is 55.1 Å². The Morgan fingerprint density at radius 3 is 2.28 bits per heavy atom. The molecule has 0 radical (unpaired) electrons. The van der Waals surface area contributed by atoms with Crippen LogP contribution >= 0.6 is 11.3 Å². The van der Waals surface area contributed by atoms with Crippen LogP contribution in [0.5, 0.6) is 0 Å². The van der Waals surface area contributed by atoms with Gasteiger partial charge in [-0.25, -0.2) is 18.1 Å². The van der Waals surface area contributed by atoms with E-state index in [1.165, 1.54) is 17.4 Å². The van der Waals surface area contributed by atoms with Crippen molar-refractivity contribution >= 4 is 48.3 Å². The molecular weight excluding hydrogens is 668 g/mol. The van der Waals surface area contributed by atoms with Crippen molar-refractivity contribution in [3.05, 3.63) is 57.6 Å². The number of rotatable bonds is 8. The molecule has 2 aromatic carbocycles. The van der Waals surface area contributed by atoms with Crippen LogP contribution in [0.1, 0.15) is 36.8 Å². The van der Waals surface area contributed by atoms with E-state index >= 15 is 0 Å². The number of fused-ring (bicyclic) bond motifs is 1. The standard InChI is InChI=1S/C27H27F6N5O6S2/c28-26(29,30)16-1-8-23-21(13-16)34-25(45-23)37-11-9-36(10-12-37)24(39)15-44-18-4-2-17(3-5-18)35-46(42,43)19-6-7-22(38(40)41)20(14-19)27(31,32)33/h1,6-8,13-14,17-18,35H,2-5,9-12,15H2. The zero-order valence-corrected chi connectivity index (χ0v) is 25.4. The van der Waals surface area contributed by atoms with Crippen molar-refractivity contribution < 1.29 is 49.2 Å². The van der Waals surface area contributed by atoms with Crippen LogP contribution < -0.4 is 9.62 Å². The molecule has 0 bridgehead atoms. The topological polar surface area (TPSA) is 135 Å². The molecule has 1 saturated heterocycles. The minimum absolute atomic E-state index is 0.203. The van der Waals surface area contributed by atoms with Gasteiger partial charge in [-0.15, -0.1) is 0 Å². The number of nitro benzene ring substituents is 1. The Morgan fingerprint density at radius 2 is 1.67 bits per heavy atom. The number of nitro groups is 1. The summed E-state index contributed by atoms with van der Waals surface area (Å²) in [6.45, 7) is 1.38. The summed E-state index contributed by atoms with van der Waals surface area (Å²) in [6.07, 6.45) is -8.58. The van der Waals surface area contributed by atoms with Crippen molar-refractivity contribution in [3.63, 3.8) is 0 Å². The van der Waals surface area contributed by atoms with E-state index in [9.17, 15) is 49.7 Å². The summed E-state index contributed by atoms with van der Waals surface area (Å²) in [6, 6.07) is 4.32. The molecule has 0 unspecified atom stereocenters. The molecule has 3 aromatic rings. The fourth-order valence-electron chi connectivity index (χ4n) is 5.36. The van der Waals surface area contributed by atoms with E-state index in [1.807, 2.05) is 4.90 Å². The maximum atomic E-state index is 13.3. The van der Waals surface area contributed by atoms with Crippen LogP contribution in [0, 0.1) is 10.1 Å². The molecule has 46 heavy (non-hydrogen) atoms. The number of sulfonamides is 1. The number of thiazole rings is 1. The second-order valence-corrected chi connectivity index (χ2v) is 13.6. The number of nitrogens with zero attached hydrogens (tertiary/aromatic N) is 4. The Morgan fingerprint density at radius 1 is 1.00 bits per heavy atom. The van der Waals surface area contributed by atoms with Gasteiger partial charge in [0.1, 0.15) is 12.2 Å². The molecular formula is C27H27F6N5O6S2. The number of hydrogen-bond acceptors (Lipinski definition) is 9. The Bertz CT molecular complexity index is 1720. The van der Waals surface area contributed by atoms with Crippen LogP contribution in [0.3, 0.4) is 0 Å². The molecule has 2 fully saturated rings. The lowest BCUT2D eigenvalue weighted by Crippen LogP contribution is -2.50. The number of carbonyl (C=O) groups excluding carboxylic acids is 1. The molecule has 2 aliphatic rings. The molecule has 1 saturated carbocycles. The number of halogens is 6. The van der Waals surface area contributed by atoms with Gasteiger partial charge < -0.3 is 14.5 Å². The maximum Gasteiger partial charge on any atom is 0.423 e. The Kier molecular flexibility index (Phi) is 9.49. The normalized spacial score (nSPS) is 19.9. The van der Waals surface area contributed by atoms with Crippen LogP contribution in [0.25, 0.3) is 10.2 Å². The molecule has 1 aliphatic heterocycles. The second-order valence-electron chi connectivity index (χ2n) is 10.9. The number of anilines is 1. The number of hydrogen-bond donors (Lipinski definition) is 1. The van der Waals surface area contributed by atoms with E-state index in [1.54, 1.807) is 4.90 Å². The van der Waals surface area contributed by atoms with Crippen LogP contribution in [-0.2, 0) is 31.9 Å². The lowest BCUT2D eigenvalue weighted by molar-refractivity contribution is -0.388. The fourth-order valence-corrected chi connectivity index (χ4v) is 7.69. The number of ether oxygens (including phenoxy) is 1. The average Bonchev–Trinajstić information content (AvgIpc) is 3.43. The van der Waals surface area contributed by atoms with Gasteiger partial charge in [0.15, 0.2) is 5.13 Å². The summed E-state index contributed by atoms with van der Waals surface area (Å²) in [4.78, 5) is 29.6. The number of amides is 1. The molecule has 250 valence electrons. The van der Waals surface area contributed by atoms with Gasteiger partial charge in [-0.05, 0) is 56.0 Å². The maximum absolute atomic E-state index is 13.3. The van der Waals surface area contributed by atoms with Crippen molar-refractivity contribution in [1.29, 1.82) is 0 Å². The molecule has 19 heteroatoms. The first-order valence-corrected chi connectivity index (χ1v) is 16.3. The fraction of sp³-hybridized carbons (Fsp3) is 0.481. The molecule has 0 spiro atoms. The van der Waals surface area contributed by atoms with Gasteiger partial charge >= 0.3 is 12.4 Å². The molecule has 0 atom stereocenters. The molecule has 1 amide bonds. The van der Waals surface area contributed by atoms with Crippen molar-refractivity contribution in [1.82, 2.24) is 14.6 Å². The summed E-state index contributed by atoms with van der Waals surface area (Å²) in [5.41, 5.74) is -3.43. The molecule has 2 heterocycles. The molecule has 1 N–H and O–H groups in total. The van der Waals surface area contributed by atoms with Gasteiger partial charge in [0.25, 0.3) is 5.69 Å². The van der Waals surface area contributed by atoms with E-state index in [-0.39, 0.29) is 30.2 Å². The van der Waals surface area contributed by atoms with Crippen molar-refractivity contribution in [3.8, 4) is 0 Å². The first kappa shape index (κ1) is 33.8. The number of alkyl halides is 6. The molecule has 1 aromatic heterocycles.